The minimum absolute atomic E-state index is 0.387. The van der Waals surface area contributed by atoms with E-state index in [1.165, 1.54) is 24.1 Å². The molecule has 1 aliphatic rings. The van der Waals surface area contributed by atoms with Crippen LogP contribution in [0.3, 0.4) is 0 Å². The first-order chi connectivity index (χ1) is 8.72. The molecule has 0 bridgehead atoms. The van der Waals surface area contributed by atoms with Gasteiger partial charge in [0, 0.05) is 19.3 Å². The molecule has 2 rings (SSSR count). The summed E-state index contributed by atoms with van der Waals surface area (Å²) in [4.78, 5) is 4.57. The number of fused-ring (bicyclic) bond motifs is 1. The third-order valence-electron chi connectivity index (χ3n) is 3.76. The summed E-state index contributed by atoms with van der Waals surface area (Å²) in [7, 11) is 1.77. The summed E-state index contributed by atoms with van der Waals surface area (Å²) in [6.45, 7) is 5.23. The van der Waals surface area contributed by atoms with Crippen LogP contribution in [0.4, 0.5) is 0 Å². The summed E-state index contributed by atoms with van der Waals surface area (Å²) in [6, 6.07) is 5.03. The van der Waals surface area contributed by atoms with Gasteiger partial charge in [-0.1, -0.05) is 19.9 Å². The van der Waals surface area contributed by atoms with Crippen molar-refractivity contribution >= 4 is 0 Å². The van der Waals surface area contributed by atoms with E-state index >= 15 is 0 Å². The summed E-state index contributed by atoms with van der Waals surface area (Å²) < 4.78 is 5.31. The Labute approximate surface area is 110 Å². The molecule has 1 aromatic rings. The highest BCUT2D eigenvalue weighted by Crippen LogP contribution is 2.28. The number of methoxy groups -OCH3 is 1. The number of rotatable bonds is 5. The normalized spacial score (nSPS) is 20.8. The van der Waals surface area contributed by atoms with Gasteiger partial charge in [0.2, 0.25) is 0 Å². The highest BCUT2D eigenvalue weighted by atomic mass is 16.5. The highest BCUT2D eigenvalue weighted by Gasteiger charge is 2.24. The van der Waals surface area contributed by atoms with Crippen molar-refractivity contribution in [2.24, 2.45) is 5.92 Å². The number of aromatic nitrogens is 1. The van der Waals surface area contributed by atoms with Gasteiger partial charge in [-0.3, -0.25) is 4.98 Å². The topological polar surface area (TPSA) is 34.1 Å². The molecule has 0 radical (unpaired) electrons. The van der Waals surface area contributed by atoms with Crippen molar-refractivity contribution in [1.29, 1.82) is 0 Å². The molecule has 3 nitrogen and oxygen atoms in total. The minimum Gasteiger partial charge on any atom is -0.383 e. The van der Waals surface area contributed by atoms with Crippen molar-refractivity contribution in [1.82, 2.24) is 10.3 Å². The van der Waals surface area contributed by atoms with E-state index in [2.05, 4.69) is 30.2 Å². The SMILES string of the molecule is COCC(NC1CCCc2cccnc21)C(C)C. The third kappa shape index (κ3) is 3.09. The second-order valence-corrected chi connectivity index (χ2v) is 5.47. The summed E-state index contributed by atoms with van der Waals surface area (Å²) in [5.74, 6) is 0.569. The van der Waals surface area contributed by atoms with Crippen LogP contribution < -0.4 is 5.32 Å². The molecule has 2 unspecified atom stereocenters. The predicted octanol–water partition coefficient (Wildman–Crippen LogP) is 2.72. The minimum atomic E-state index is 0.387. The molecule has 3 heteroatoms. The van der Waals surface area contributed by atoms with Gasteiger partial charge in [-0.25, -0.2) is 0 Å². The Morgan fingerprint density at radius 3 is 3.06 bits per heavy atom. The molecule has 0 aromatic carbocycles. The molecule has 18 heavy (non-hydrogen) atoms. The lowest BCUT2D eigenvalue weighted by Crippen LogP contribution is -2.41. The molecule has 1 aromatic heterocycles. The fourth-order valence-electron chi connectivity index (χ4n) is 2.64. The average Bonchev–Trinajstić information content (AvgIpc) is 2.38. The molecule has 0 spiro atoms. The number of pyridine rings is 1. The molecule has 100 valence electrons. The van der Waals surface area contributed by atoms with Crippen molar-refractivity contribution in [3.8, 4) is 0 Å². The number of hydrogen-bond donors (Lipinski definition) is 1. The van der Waals surface area contributed by atoms with E-state index in [9.17, 15) is 0 Å². The van der Waals surface area contributed by atoms with Gasteiger partial charge in [0.25, 0.3) is 0 Å². The Morgan fingerprint density at radius 2 is 2.33 bits per heavy atom. The Kier molecular flexibility index (Phi) is 4.72. The molecule has 0 saturated heterocycles. The summed E-state index contributed by atoms with van der Waals surface area (Å²) in [6.07, 6.45) is 5.49. The maximum absolute atomic E-state index is 5.31. The maximum Gasteiger partial charge on any atom is 0.0618 e. The first-order valence-corrected chi connectivity index (χ1v) is 6.91. The fourth-order valence-corrected chi connectivity index (χ4v) is 2.64. The van der Waals surface area contributed by atoms with Crippen LogP contribution in [0.15, 0.2) is 18.3 Å². The zero-order chi connectivity index (χ0) is 13.0. The van der Waals surface area contributed by atoms with Crippen molar-refractivity contribution < 1.29 is 4.74 Å². The summed E-state index contributed by atoms with van der Waals surface area (Å²) in [5, 5.41) is 3.72. The van der Waals surface area contributed by atoms with E-state index in [4.69, 9.17) is 4.74 Å². The zero-order valence-corrected chi connectivity index (χ0v) is 11.6. The van der Waals surface area contributed by atoms with Crippen LogP contribution in [0, 0.1) is 5.92 Å². The van der Waals surface area contributed by atoms with Crippen LogP contribution in [0.25, 0.3) is 0 Å². The van der Waals surface area contributed by atoms with E-state index in [1.54, 1.807) is 7.11 Å². The number of hydrogen-bond acceptors (Lipinski definition) is 3. The Balaban J connectivity index is 2.10. The molecule has 0 saturated carbocycles. The predicted molar refractivity (Wildman–Crippen MR) is 73.6 cm³/mol. The van der Waals surface area contributed by atoms with E-state index in [1.807, 2.05) is 12.3 Å². The van der Waals surface area contributed by atoms with Crippen LogP contribution in [0.5, 0.6) is 0 Å². The molecule has 0 amide bonds. The zero-order valence-electron chi connectivity index (χ0n) is 11.6. The Bertz CT molecular complexity index is 379. The number of nitrogens with zero attached hydrogens (tertiary/aromatic N) is 1. The van der Waals surface area contributed by atoms with E-state index < -0.39 is 0 Å². The van der Waals surface area contributed by atoms with Crippen molar-refractivity contribution in [3.05, 3.63) is 29.6 Å². The molecule has 0 aliphatic heterocycles. The lowest BCUT2D eigenvalue weighted by Gasteiger charge is -2.31. The second-order valence-electron chi connectivity index (χ2n) is 5.47. The van der Waals surface area contributed by atoms with Crippen molar-refractivity contribution in [2.45, 2.75) is 45.2 Å². The van der Waals surface area contributed by atoms with Gasteiger partial charge in [-0.15, -0.1) is 0 Å². The van der Waals surface area contributed by atoms with E-state index in [0.717, 1.165) is 13.0 Å². The lowest BCUT2D eigenvalue weighted by molar-refractivity contribution is 0.137. The maximum atomic E-state index is 5.31. The van der Waals surface area contributed by atoms with Crippen LogP contribution in [0.2, 0.25) is 0 Å². The standard InChI is InChI=1S/C15H24N2O/c1-11(2)14(10-18-3)17-13-8-4-6-12-7-5-9-16-15(12)13/h5,7,9,11,13-14,17H,4,6,8,10H2,1-3H3. The largest absolute Gasteiger partial charge is 0.383 e. The van der Waals surface area contributed by atoms with Gasteiger partial charge >= 0.3 is 0 Å². The smallest absolute Gasteiger partial charge is 0.0618 e. The lowest BCUT2D eigenvalue weighted by atomic mass is 9.90. The van der Waals surface area contributed by atoms with Crippen LogP contribution in [-0.2, 0) is 11.2 Å². The Hall–Kier alpha value is -0.930. The van der Waals surface area contributed by atoms with Gasteiger partial charge in [0.05, 0.1) is 18.3 Å². The van der Waals surface area contributed by atoms with Gasteiger partial charge in [-0.05, 0) is 36.8 Å². The summed E-state index contributed by atoms with van der Waals surface area (Å²) >= 11 is 0. The quantitative estimate of drug-likeness (QED) is 0.870. The van der Waals surface area contributed by atoms with Crippen molar-refractivity contribution in [3.63, 3.8) is 0 Å². The van der Waals surface area contributed by atoms with Gasteiger partial charge < -0.3 is 10.1 Å². The monoisotopic (exact) mass is 248 g/mol. The Morgan fingerprint density at radius 1 is 1.50 bits per heavy atom. The fraction of sp³-hybridized carbons (Fsp3) is 0.667. The summed E-state index contributed by atoms with van der Waals surface area (Å²) in [5.41, 5.74) is 2.65. The van der Waals surface area contributed by atoms with Gasteiger partial charge in [0.15, 0.2) is 0 Å². The second kappa shape index (κ2) is 6.30. The average molecular weight is 248 g/mol. The van der Waals surface area contributed by atoms with Crippen LogP contribution >= 0.6 is 0 Å². The number of nitrogens with one attached hydrogen (secondary N) is 1. The molecule has 1 N–H and O–H groups in total. The first kappa shape index (κ1) is 13.5. The van der Waals surface area contributed by atoms with Gasteiger partial charge in [-0.2, -0.15) is 0 Å². The first-order valence-electron chi connectivity index (χ1n) is 6.91. The molecule has 1 heterocycles. The van der Waals surface area contributed by atoms with E-state index in [0.29, 0.717) is 18.0 Å². The molecular weight excluding hydrogens is 224 g/mol. The highest BCUT2D eigenvalue weighted by molar-refractivity contribution is 5.25. The van der Waals surface area contributed by atoms with Gasteiger partial charge in [0.1, 0.15) is 0 Å². The molecule has 0 fully saturated rings. The third-order valence-corrected chi connectivity index (χ3v) is 3.76. The molecule has 1 aliphatic carbocycles. The molecule has 2 atom stereocenters. The number of ether oxygens (including phenoxy) is 1. The van der Waals surface area contributed by atoms with Crippen LogP contribution in [0.1, 0.15) is 44.0 Å². The number of aryl methyl sites for hydroxylation is 1. The molecular formula is C15H24N2O. The van der Waals surface area contributed by atoms with Crippen molar-refractivity contribution in [2.75, 3.05) is 13.7 Å². The van der Waals surface area contributed by atoms with E-state index in [-0.39, 0.29) is 0 Å². The van der Waals surface area contributed by atoms with Crippen LogP contribution in [-0.4, -0.2) is 24.7 Å².